The Bertz CT molecular complexity index is 405. The maximum absolute atomic E-state index is 13.5. The first kappa shape index (κ1) is 12.8. The van der Waals surface area contributed by atoms with Crippen molar-refractivity contribution in [1.29, 1.82) is 0 Å². The van der Waals surface area contributed by atoms with Gasteiger partial charge in [0.25, 0.3) is 0 Å². The number of hydrogen-bond donors (Lipinski definition) is 1. The van der Waals surface area contributed by atoms with Crippen LogP contribution in [0.25, 0.3) is 0 Å². The van der Waals surface area contributed by atoms with Gasteiger partial charge in [-0.2, -0.15) is 0 Å². The van der Waals surface area contributed by atoms with Gasteiger partial charge >= 0.3 is 0 Å². The van der Waals surface area contributed by atoms with Gasteiger partial charge in [0.2, 0.25) is 0 Å². The predicted octanol–water partition coefficient (Wildman–Crippen LogP) is 2.77. The molecule has 0 fully saturated rings. The van der Waals surface area contributed by atoms with Crippen molar-refractivity contribution in [2.75, 3.05) is 0 Å². The topological polar surface area (TPSA) is 43.1 Å². The van der Waals surface area contributed by atoms with Crippen molar-refractivity contribution >= 4 is 5.78 Å². The largest absolute Gasteiger partial charge is 0.325 e. The van der Waals surface area contributed by atoms with Gasteiger partial charge < -0.3 is 5.73 Å². The number of benzene rings is 1. The number of nitrogens with two attached hydrogens (primary N) is 1. The smallest absolute Gasteiger partial charge is 0.173 e. The van der Waals surface area contributed by atoms with Gasteiger partial charge in [0.15, 0.2) is 5.78 Å². The predicted molar refractivity (Wildman–Crippen MR) is 62.8 cm³/mol. The highest BCUT2D eigenvalue weighted by atomic mass is 19.1. The van der Waals surface area contributed by atoms with Crippen LogP contribution in [0.4, 0.5) is 4.39 Å². The quantitative estimate of drug-likeness (QED) is 0.801. The van der Waals surface area contributed by atoms with Crippen LogP contribution in [0.5, 0.6) is 0 Å². The molecule has 2 N–H and O–H groups in total. The monoisotopic (exact) mass is 223 g/mol. The van der Waals surface area contributed by atoms with Crippen molar-refractivity contribution in [1.82, 2.24) is 0 Å². The van der Waals surface area contributed by atoms with Crippen molar-refractivity contribution in [3.05, 3.63) is 35.6 Å². The van der Waals surface area contributed by atoms with Crippen LogP contribution in [-0.4, -0.2) is 11.3 Å². The molecule has 0 aliphatic heterocycles. The summed E-state index contributed by atoms with van der Waals surface area (Å²) in [5.41, 5.74) is 4.55. The maximum Gasteiger partial charge on any atom is 0.173 e. The Morgan fingerprint density at radius 2 is 1.69 bits per heavy atom. The lowest BCUT2D eigenvalue weighted by Crippen LogP contribution is -2.52. The number of Topliss-reactive ketones (excluding diaryl/α,β-unsaturated/α-hetero) is 1. The van der Waals surface area contributed by atoms with E-state index >= 15 is 0 Å². The van der Waals surface area contributed by atoms with Gasteiger partial charge in [0.1, 0.15) is 5.82 Å². The average molecular weight is 223 g/mol. The van der Waals surface area contributed by atoms with Crippen LogP contribution in [0.2, 0.25) is 0 Å². The Hall–Kier alpha value is -1.22. The molecule has 0 unspecified atom stereocenters. The Morgan fingerprint density at radius 1 is 1.19 bits per heavy atom. The lowest BCUT2D eigenvalue weighted by Gasteiger charge is -2.37. The molecule has 2 nitrogen and oxygen atoms in total. The molecule has 0 aromatic heterocycles. The molecule has 1 rings (SSSR count). The summed E-state index contributed by atoms with van der Waals surface area (Å²) in [5.74, 6) is -0.761. The Labute approximate surface area is 95.7 Å². The molecule has 0 aliphatic carbocycles. The van der Waals surface area contributed by atoms with Crippen LogP contribution < -0.4 is 5.73 Å². The number of ketones is 1. The summed E-state index contributed by atoms with van der Waals surface area (Å²) >= 11 is 0. The highest BCUT2D eigenvalue weighted by Gasteiger charge is 2.41. The third-order valence-corrected chi connectivity index (χ3v) is 3.30. The molecule has 1 aromatic carbocycles. The first-order valence-electron chi connectivity index (χ1n) is 5.26. The Morgan fingerprint density at radius 3 is 2.12 bits per heavy atom. The fourth-order valence-electron chi connectivity index (χ4n) is 1.27. The van der Waals surface area contributed by atoms with E-state index in [9.17, 15) is 9.18 Å². The van der Waals surface area contributed by atoms with Gasteiger partial charge in [-0.3, -0.25) is 4.79 Å². The number of hydrogen-bond acceptors (Lipinski definition) is 2. The van der Waals surface area contributed by atoms with Crippen molar-refractivity contribution < 1.29 is 9.18 Å². The minimum Gasteiger partial charge on any atom is -0.325 e. The van der Waals surface area contributed by atoms with E-state index in [0.29, 0.717) is 0 Å². The van der Waals surface area contributed by atoms with Crippen LogP contribution in [0.1, 0.15) is 38.1 Å². The summed E-state index contributed by atoms with van der Waals surface area (Å²) in [7, 11) is 0. The van der Waals surface area contributed by atoms with Crippen LogP contribution in [0.15, 0.2) is 24.3 Å². The molecule has 0 saturated carbocycles. The van der Waals surface area contributed by atoms with Gasteiger partial charge in [0.05, 0.1) is 5.56 Å². The number of carbonyl (C=O) groups is 1. The molecular weight excluding hydrogens is 205 g/mol. The van der Waals surface area contributed by atoms with Gasteiger partial charge in [-0.25, -0.2) is 4.39 Å². The van der Waals surface area contributed by atoms with E-state index in [1.807, 2.05) is 0 Å². The van der Waals surface area contributed by atoms with Crippen molar-refractivity contribution in [3.8, 4) is 0 Å². The minimum atomic E-state index is -0.810. The van der Waals surface area contributed by atoms with Gasteiger partial charge in [-0.15, -0.1) is 0 Å². The second-order valence-electron chi connectivity index (χ2n) is 5.16. The van der Waals surface area contributed by atoms with E-state index in [0.717, 1.165) is 0 Å². The molecule has 1 aromatic rings. The maximum atomic E-state index is 13.5. The van der Waals surface area contributed by atoms with Crippen molar-refractivity contribution in [2.45, 2.75) is 33.2 Å². The summed E-state index contributed by atoms with van der Waals surface area (Å²) in [5, 5.41) is 0. The first-order valence-corrected chi connectivity index (χ1v) is 5.26. The lowest BCUT2D eigenvalue weighted by molar-refractivity contribution is 0.0730. The number of carbonyl (C=O) groups excluding carboxylic acids is 1. The Kier molecular flexibility index (Phi) is 3.20. The fourth-order valence-corrected chi connectivity index (χ4v) is 1.27. The summed E-state index contributed by atoms with van der Waals surface area (Å²) < 4.78 is 13.5. The molecule has 0 atom stereocenters. The molecule has 0 saturated heterocycles. The highest BCUT2D eigenvalue weighted by Crippen LogP contribution is 2.32. The molecule has 88 valence electrons. The lowest BCUT2D eigenvalue weighted by atomic mass is 9.70. The second-order valence-corrected chi connectivity index (χ2v) is 5.16. The molecule has 0 heterocycles. The molecule has 3 heteroatoms. The molecule has 0 radical (unpaired) electrons. The van der Waals surface area contributed by atoms with E-state index in [1.165, 1.54) is 12.1 Å². The zero-order chi connectivity index (χ0) is 12.6. The van der Waals surface area contributed by atoms with Crippen LogP contribution in [0, 0.1) is 11.2 Å². The number of halogens is 1. The molecule has 0 aliphatic rings. The molecule has 0 bridgehead atoms. The average Bonchev–Trinajstić information content (AvgIpc) is 2.15. The van der Waals surface area contributed by atoms with Crippen molar-refractivity contribution in [3.63, 3.8) is 0 Å². The van der Waals surface area contributed by atoms with E-state index in [1.54, 1.807) is 39.8 Å². The van der Waals surface area contributed by atoms with E-state index in [2.05, 4.69) is 0 Å². The summed E-state index contributed by atoms with van der Waals surface area (Å²) in [6, 6.07) is 5.99. The first-order chi connectivity index (χ1) is 7.18. The number of rotatable bonds is 3. The summed E-state index contributed by atoms with van der Waals surface area (Å²) in [6.45, 7) is 7.01. The Balaban J connectivity index is 3.18. The molecular formula is C13H18FNO. The molecule has 0 spiro atoms. The molecule has 16 heavy (non-hydrogen) atoms. The third-order valence-electron chi connectivity index (χ3n) is 3.30. The fraction of sp³-hybridized carbons (Fsp3) is 0.462. The highest BCUT2D eigenvalue weighted by molar-refractivity contribution is 6.01. The van der Waals surface area contributed by atoms with Gasteiger partial charge in [0, 0.05) is 11.0 Å². The third kappa shape index (κ3) is 2.14. The zero-order valence-corrected chi connectivity index (χ0v) is 10.2. The summed E-state index contributed by atoms with van der Waals surface area (Å²) in [4.78, 5) is 12.2. The van der Waals surface area contributed by atoms with Gasteiger partial charge in [-0.05, 0) is 26.0 Å². The van der Waals surface area contributed by atoms with Crippen LogP contribution in [0.3, 0.4) is 0 Å². The minimum absolute atomic E-state index is 0.103. The van der Waals surface area contributed by atoms with Gasteiger partial charge in [-0.1, -0.05) is 26.0 Å². The van der Waals surface area contributed by atoms with E-state index in [4.69, 9.17) is 5.73 Å². The van der Waals surface area contributed by atoms with E-state index < -0.39 is 16.8 Å². The van der Waals surface area contributed by atoms with Crippen LogP contribution in [-0.2, 0) is 0 Å². The second kappa shape index (κ2) is 3.98. The van der Waals surface area contributed by atoms with Crippen LogP contribution >= 0.6 is 0 Å². The molecule has 0 amide bonds. The van der Waals surface area contributed by atoms with Crippen molar-refractivity contribution in [2.24, 2.45) is 11.1 Å². The van der Waals surface area contributed by atoms with E-state index in [-0.39, 0.29) is 11.3 Å². The summed E-state index contributed by atoms with van der Waals surface area (Å²) in [6.07, 6.45) is 0. The zero-order valence-electron chi connectivity index (χ0n) is 10.2. The normalized spacial score (nSPS) is 12.6. The standard InChI is InChI=1S/C13H18FNO/c1-12(2,13(3,4)15)11(16)9-7-5-6-8-10(9)14/h5-8H,15H2,1-4H3. The SMILES string of the molecule is CC(C)(N)C(C)(C)C(=O)c1ccccc1F.